The molecule has 1 aromatic carbocycles. The summed E-state index contributed by atoms with van der Waals surface area (Å²) in [5, 5.41) is 6.37. The number of hydrogen-bond acceptors (Lipinski definition) is 8. The molecule has 3 aromatic rings. The molecule has 0 aliphatic carbocycles. The summed E-state index contributed by atoms with van der Waals surface area (Å²) in [4.78, 5) is 32.1. The van der Waals surface area contributed by atoms with E-state index < -0.39 is 11.7 Å². The van der Waals surface area contributed by atoms with Gasteiger partial charge in [0.25, 0.3) is 0 Å². The van der Waals surface area contributed by atoms with Crippen LogP contribution < -0.4 is 20.5 Å². The predicted molar refractivity (Wildman–Crippen MR) is 93.2 cm³/mol. The molecule has 0 aliphatic rings. The Labute approximate surface area is 153 Å². The van der Waals surface area contributed by atoms with Crippen molar-refractivity contribution in [2.75, 3.05) is 14.2 Å². The van der Waals surface area contributed by atoms with Crippen molar-refractivity contribution in [1.29, 1.82) is 0 Å². The van der Waals surface area contributed by atoms with Crippen LogP contribution in [0.1, 0.15) is 5.56 Å². The minimum absolute atomic E-state index is 0.0851. The maximum atomic E-state index is 12.3. The minimum atomic E-state index is -0.765. The predicted octanol–water partition coefficient (Wildman–Crippen LogP) is 0.627. The van der Waals surface area contributed by atoms with Gasteiger partial charge in [0, 0.05) is 18.9 Å². The summed E-state index contributed by atoms with van der Waals surface area (Å²) in [5.41, 5.74) is 0.810. The van der Waals surface area contributed by atoms with Gasteiger partial charge in [-0.1, -0.05) is 11.2 Å². The summed E-state index contributed by atoms with van der Waals surface area (Å²) in [6.45, 7) is -0.0282. The van der Waals surface area contributed by atoms with Crippen LogP contribution in [0.25, 0.3) is 11.6 Å². The number of ether oxygens (including phenoxy) is 2. The molecule has 27 heavy (non-hydrogen) atoms. The monoisotopic (exact) mass is 371 g/mol. The summed E-state index contributed by atoms with van der Waals surface area (Å²) in [5.74, 6) is 0.267. The number of methoxy groups -OCH3 is 2. The van der Waals surface area contributed by atoms with E-state index in [0.717, 1.165) is 10.1 Å². The van der Waals surface area contributed by atoms with E-state index in [-0.39, 0.29) is 24.7 Å². The molecule has 10 nitrogen and oxygen atoms in total. The van der Waals surface area contributed by atoms with Gasteiger partial charge in [-0.25, -0.2) is 19.3 Å². The highest BCUT2D eigenvalue weighted by atomic mass is 16.5. The molecule has 1 amide bonds. The minimum Gasteiger partial charge on any atom is -0.493 e. The van der Waals surface area contributed by atoms with Crippen molar-refractivity contribution in [2.24, 2.45) is 0 Å². The lowest BCUT2D eigenvalue weighted by atomic mass is 10.2. The first-order chi connectivity index (χ1) is 13.1. The standard InChI is InChI=1S/C17H17N5O5/c1-25-12-5-4-11(8-13(12)26-2)9-20-14(23)10-22-16(21-27-17(22)24)15-18-6-3-7-19-15/h3-8H,9-10H2,1-2H3,(H,20,23). The third kappa shape index (κ3) is 4.11. The van der Waals surface area contributed by atoms with Crippen molar-refractivity contribution in [2.45, 2.75) is 13.1 Å². The van der Waals surface area contributed by atoms with E-state index in [4.69, 9.17) is 9.47 Å². The summed E-state index contributed by atoms with van der Waals surface area (Å²) in [6.07, 6.45) is 3.01. The second-order valence-corrected chi connectivity index (χ2v) is 5.40. The normalized spacial score (nSPS) is 10.4. The van der Waals surface area contributed by atoms with Crippen LogP contribution in [0.4, 0.5) is 0 Å². The van der Waals surface area contributed by atoms with E-state index in [2.05, 4.69) is 25.0 Å². The zero-order chi connectivity index (χ0) is 19.2. The Hall–Kier alpha value is -3.69. The Morgan fingerprint density at radius 3 is 2.63 bits per heavy atom. The van der Waals surface area contributed by atoms with Gasteiger partial charge < -0.3 is 14.8 Å². The number of rotatable bonds is 7. The van der Waals surface area contributed by atoms with Crippen LogP contribution >= 0.6 is 0 Å². The number of carbonyl (C=O) groups excluding carboxylic acids is 1. The number of aromatic nitrogens is 4. The first-order valence-electron chi connectivity index (χ1n) is 7.94. The molecule has 2 heterocycles. The molecule has 0 saturated heterocycles. The summed E-state index contributed by atoms with van der Waals surface area (Å²) >= 11 is 0. The molecule has 0 radical (unpaired) electrons. The first-order valence-corrected chi connectivity index (χ1v) is 7.94. The summed E-state index contributed by atoms with van der Waals surface area (Å²) < 4.78 is 16.1. The zero-order valence-electron chi connectivity index (χ0n) is 14.7. The molecule has 0 atom stereocenters. The van der Waals surface area contributed by atoms with E-state index >= 15 is 0 Å². The molecule has 140 valence electrons. The summed E-state index contributed by atoms with van der Waals surface area (Å²) in [6, 6.07) is 6.93. The fourth-order valence-corrected chi connectivity index (χ4v) is 2.37. The SMILES string of the molecule is COc1ccc(CNC(=O)Cn2c(-c3ncccn3)noc2=O)cc1OC. The number of nitrogens with zero attached hydrogens (tertiary/aromatic N) is 4. The van der Waals surface area contributed by atoms with Crippen molar-refractivity contribution in [3.8, 4) is 23.1 Å². The fourth-order valence-electron chi connectivity index (χ4n) is 2.37. The number of carbonyl (C=O) groups is 1. The van der Waals surface area contributed by atoms with Gasteiger partial charge in [0.15, 0.2) is 17.3 Å². The van der Waals surface area contributed by atoms with Crippen LogP contribution in [0, 0.1) is 0 Å². The average molecular weight is 371 g/mol. The second kappa shape index (κ2) is 8.13. The van der Waals surface area contributed by atoms with Gasteiger partial charge in [-0.15, -0.1) is 0 Å². The highest BCUT2D eigenvalue weighted by Gasteiger charge is 2.17. The fraction of sp³-hybridized carbons (Fsp3) is 0.235. The molecule has 0 fully saturated rings. The van der Waals surface area contributed by atoms with Gasteiger partial charge >= 0.3 is 5.76 Å². The maximum Gasteiger partial charge on any atom is 0.442 e. The van der Waals surface area contributed by atoms with E-state index in [0.29, 0.717) is 11.5 Å². The average Bonchev–Trinajstić information content (AvgIpc) is 3.07. The van der Waals surface area contributed by atoms with Crippen molar-refractivity contribution >= 4 is 5.91 Å². The molecule has 1 N–H and O–H groups in total. The van der Waals surface area contributed by atoms with Crippen LogP contribution in [0.2, 0.25) is 0 Å². The molecule has 0 bridgehead atoms. The van der Waals surface area contributed by atoms with Crippen molar-refractivity contribution in [1.82, 2.24) is 25.0 Å². The van der Waals surface area contributed by atoms with Crippen molar-refractivity contribution in [3.63, 3.8) is 0 Å². The van der Waals surface area contributed by atoms with E-state index in [1.165, 1.54) is 19.5 Å². The van der Waals surface area contributed by atoms with Crippen LogP contribution in [0.15, 0.2) is 46.0 Å². The van der Waals surface area contributed by atoms with Crippen LogP contribution in [-0.4, -0.2) is 39.8 Å². The Bertz CT molecular complexity index is 983. The quantitative estimate of drug-likeness (QED) is 0.642. The van der Waals surface area contributed by atoms with Gasteiger partial charge in [0.2, 0.25) is 11.7 Å². The molecular formula is C17H17N5O5. The van der Waals surface area contributed by atoms with Crippen molar-refractivity contribution in [3.05, 3.63) is 52.8 Å². The zero-order valence-corrected chi connectivity index (χ0v) is 14.7. The van der Waals surface area contributed by atoms with Gasteiger partial charge in [-0.3, -0.25) is 9.32 Å². The topological polar surface area (TPSA) is 121 Å². The lowest BCUT2D eigenvalue weighted by Gasteiger charge is -2.10. The van der Waals surface area contributed by atoms with E-state index in [9.17, 15) is 9.59 Å². The molecule has 0 unspecified atom stereocenters. The Morgan fingerprint density at radius 1 is 1.19 bits per heavy atom. The highest BCUT2D eigenvalue weighted by Crippen LogP contribution is 2.27. The van der Waals surface area contributed by atoms with Crippen LogP contribution in [0.3, 0.4) is 0 Å². The van der Waals surface area contributed by atoms with Gasteiger partial charge in [-0.2, -0.15) is 0 Å². The first kappa shape index (κ1) is 18.1. The number of hydrogen-bond donors (Lipinski definition) is 1. The Morgan fingerprint density at radius 2 is 1.93 bits per heavy atom. The molecular weight excluding hydrogens is 354 g/mol. The largest absolute Gasteiger partial charge is 0.493 e. The number of nitrogens with one attached hydrogen (secondary N) is 1. The van der Waals surface area contributed by atoms with Crippen molar-refractivity contribution < 1.29 is 18.8 Å². The molecule has 10 heteroatoms. The number of amides is 1. The second-order valence-electron chi connectivity index (χ2n) is 5.40. The Kier molecular flexibility index (Phi) is 5.45. The molecule has 0 saturated carbocycles. The van der Waals surface area contributed by atoms with Gasteiger partial charge in [-0.05, 0) is 23.8 Å². The molecule has 3 rings (SSSR count). The van der Waals surface area contributed by atoms with E-state index in [1.54, 1.807) is 31.4 Å². The summed E-state index contributed by atoms with van der Waals surface area (Å²) in [7, 11) is 3.08. The molecule has 0 spiro atoms. The third-order valence-electron chi connectivity index (χ3n) is 3.69. The van der Waals surface area contributed by atoms with Gasteiger partial charge in [0.1, 0.15) is 6.54 Å². The van der Waals surface area contributed by atoms with Crippen LogP contribution in [0.5, 0.6) is 11.5 Å². The Balaban J connectivity index is 1.69. The van der Waals surface area contributed by atoms with E-state index in [1.807, 2.05) is 0 Å². The number of benzene rings is 1. The smallest absolute Gasteiger partial charge is 0.442 e. The lowest BCUT2D eigenvalue weighted by molar-refractivity contribution is -0.121. The highest BCUT2D eigenvalue weighted by molar-refractivity contribution is 5.76. The maximum absolute atomic E-state index is 12.3. The third-order valence-corrected chi connectivity index (χ3v) is 3.69. The molecule has 2 aromatic heterocycles. The lowest BCUT2D eigenvalue weighted by Crippen LogP contribution is -2.31. The van der Waals surface area contributed by atoms with Crippen LogP contribution in [-0.2, 0) is 17.9 Å². The molecule has 0 aliphatic heterocycles. The van der Waals surface area contributed by atoms with Gasteiger partial charge in [0.05, 0.1) is 14.2 Å².